The second-order valence-corrected chi connectivity index (χ2v) is 5.14. The Morgan fingerprint density at radius 2 is 2.00 bits per heavy atom. The molecule has 0 bridgehead atoms. The fraction of sp³-hybridized carbons (Fsp3) is 0.364. The second-order valence-electron chi connectivity index (χ2n) is 4.03. The Morgan fingerprint density at radius 3 is 2.50 bits per heavy atom. The van der Waals surface area contributed by atoms with Gasteiger partial charge >= 0.3 is 0 Å². The molecule has 2 unspecified atom stereocenters. The van der Waals surface area contributed by atoms with Crippen LogP contribution in [-0.4, -0.2) is 26.2 Å². The molecule has 0 saturated carbocycles. The van der Waals surface area contributed by atoms with Crippen LogP contribution in [0.5, 0.6) is 0 Å². The lowest BCUT2D eigenvalue weighted by atomic mass is 10.1. The monoisotopic (exact) mass is 267 g/mol. The summed E-state index contributed by atoms with van der Waals surface area (Å²) in [5, 5.41) is 11.9. The molecule has 0 amide bonds. The molecule has 1 heterocycles. The Hall–Kier alpha value is -1.47. The molecular formula is C11H14FN5S. The fourth-order valence-corrected chi connectivity index (χ4v) is 2.57. The molecule has 18 heavy (non-hydrogen) atoms. The van der Waals surface area contributed by atoms with Gasteiger partial charge < -0.3 is 5.73 Å². The SMILES string of the molecule is CC(N)C(Sc1nnnn1C)c1ccc(F)cc1. The zero-order valence-electron chi connectivity index (χ0n) is 10.1. The third-order valence-corrected chi connectivity index (χ3v) is 4.00. The van der Waals surface area contributed by atoms with Crippen molar-refractivity contribution in [2.75, 3.05) is 0 Å². The lowest BCUT2D eigenvalue weighted by Gasteiger charge is -2.19. The molecule has 0 spiro atoms. The van der Waals surface area contributed by atoms with Crippen LogP contribution in [0.15, 0.2) is 29.4 Å². The van der Waals surface area contributed by atoms with E-state index in [0.29, 0.717) is 5.16 Å². The Kier molecular flexibility index (Phi) is 3.93. The first-order chi connectivity index (χ1) is 8.58. The highest BCUT2D eigenvalue weighted by Crippen LogP contribution is 2.35. The molecule has 2 rings (SSSR count). The fourth-order valence-electron chi connectivity index (χ4n) is 1.57. The number of rotatable bonds is 4. The average Bonchev–Trinajstić information content (AvgIpc) is 2.73. The van der Waals surface area contributed by atoms with Crippen molar-refractivity contribution in [1.82, 2.24) is 20.2 Å². The number of tetrazole rings is 1. The smallest absolute Gasteiger partial charge is 0.209 e. The van der Waals surface area contributed by atoms with E-state index in [0.717, 1.165) is 5.56 Å². The van der Waals surface area contributed by atoms with Crippen LogP contribution in [0, 0.1) is 5.82 Å². The highest BCUT2D eigenvalue weighted by atomic mass is 32.2. The summed E-state index contributed by atoms with van der Waals surface area (Å²) < 4.78 is 14.5. The topological polar surface area (TPSA) is 69.6 Å². The molecule has 5 nitrogen and oxygen atoms in total. The maximum Gasteiger partial charge on any atom is 0.209 e. The minimum absolute atomic E-state index is 0.0182. The Labute approximate surface area is 109 Å². The van der Waals surface area contributed by atoms with Crippen molar-refractivity contribution in [3.8, 4) is 0 Å². The van der Waals surface area contributed by atoms with E-state index in [9.17, 15) is 4.39 Å². The van der Waals surface area contributed by atoms with E-state index in [2.05, 4.69) is 15.5 Å². The summed E-state index contributed by atoms with van der Waals surface area (Å²) in [5.74, 6) is -0.257. The normalized spacial score (nSPS) is 14.4. The van der Waals surface area contributed by atoms with Gasteiger partial charge in [-0.25, -0.2) is 9.07 Å². The summed E-state index contributed by atoms with van der Waals surface area (Å²) in [6, 6.07) is 6.23. The predicted octanol–water partition coefficient (Wildman–Crippen LogP) is 1.53. The van der Waals surface area contributed by atoms with Gasteiger partial charge in [0, 0.05) is 13.1 Å². The predicted molar refractivity (Wildman–Crippen MR) is 67.4 cm³/mol. The van der Waals surface area contributed by atoms with Crippen molar-refractivity contribution >= 4 is 11.8 Å². The minimum atomic E-state index is -0.257. The molecule has 2 atom stereocenters. The number of benzene rings is 1. The third kappa shape index (κ3) is 2.85. The number of nitrogens with zero attached hydrogens (tertiary/aromatic N) is 4. The van der Waals surface area contributed by atoms with Crippen LogP contribution in [-0.2, 0) is 7.05 Å². The zero-order chi connectivity index (χ0) is 13.1. The van der Waals surface area contributed by atoms with Crippen LogP contribution < -0.4 is 5.73 Å². The van der Waals surface area contributed by atoms with Gasteiger partial charge in [-0.15, -0.1) is 5.10 Å². The highest BCUT2D eigenvalue weighted by molar-refractivity contribution is 7.99. The number of nitrogens with two attached hydrogens (primary N) is 1. The third-order valence-electron chi connectivity index (χ3n) is 2.49. The van der Waals surface area contributed by atoms with Crippen molar-refractivity contribution in [3.63, 3.8) is 0 Å². The quantitative estimate of drug-likeness (QED) is 0.851. The van der Waals surface area contributed by atoms with Gasteiger partial charge in [-0.1, -0.05) is 23.9 Å². The van der Waals surface area contributed by atoms with Gasteiger partial charge in [0.15, 0.2) is 0 Å². The Bertz CT molecular complexity index is 510. The maximum absolute atomic E-state index is 12.9. The zero-order valence-corrected chi connectivity index (χ0v) is 10.9. The molecule has 0 fully saturated rings. The summed E-state index contributed by atoms with van der Waals surface area (Å²) in [6.07, 6.45) is 0. The average molecular weight is 267 g/mol. The van der Waals surface area contributed by atoms with Gasteiger partial charge in [0.05, 0.1) is 5.25 Å². The number of hydrogen-bond acceptors (Lipinski definition) is 5. The van der Waals surface area contributed by atoms with Crippen molar-refractivity contribution in [2.24, 2.45) is 12.8 Å². The van der Waals surface area contributed by atoms with E-state index < -0.39 is 0 Å². The number of hydrogen-bond donors (Lipinski definition) is 1. The van der Waals surface area contributed by atoms with Crippen LogP contribution in [0.4, 0.5) is 4.39 Å². The van der Waals surface area contributed by atoms with E-state index in [-0.39, 0.29) is 17.1 Å². The first kappa shape index (κ1) is 13.0. The molecule has 0 aliphatic heterocycles. The number of halogens is 1. The van der Waals surface area contributed by atoms with E-state index in [1.807, 2.05) is 6.92 Å². The minimum Gasteiger partial charge on any atom is -0.327 e. The molecule has 96 valence electrons. The van der Waals surface area contributed by atoms with Crippen molar-refractivity contribution < 1.29 is 4.39 Å². The lowest BCUT2D eigenvalue weighted by Crippen LogP contribution is -2.23. The Morgan fingerprint density at radius 1 is 1.33 bits per heavy atom. The van der Waals surface area contributed by atoms with Gasteiger partial charge in [-0.3, -0.25) is 0 Å². The van der Waals surface area contributed by atoms with Gasteiger partial charge in [0.25, 0.3) is 0 Å². The lowest BCUT2D eigenvalue weighted by molar-refractivity contribution is 0.625. The molecule has 7 heteroatoms. The molecule has 0 aliphatic carbocycles. The molecule has 0 saturated heterocycles. The van der Waals surface area contributed by atoms with Crippen LogP contribution in [0.1, 0.15) is 17.7 Å². The van der Waals surface area contributed by atoms with Crippen LogP contribution in [0.2, 0.25) is 0 Å². The molecule has 1 aromatic carbocycles. The summed E-state index contributed by atoms with van der Waals surface area (Å²) in [7, 11) is 1.77. The van der Waals surface area contributed by atoms with E-state index in [4.69, 9.17) is 5.73 Å². The van der Waals surface area contributed by atoms with Gasteiger partial charge in [0.1, 0.15) is 5.82 Å². The van der Waals surface area contributed by atoms with Crippen molar-refractivity contribution in [1.29, 1.82) is 0 Å². The summed E-state index contributed by atoms with van der Waals surface area (Å²) in [5.41, 5.74) is 6.94. The first-order valence-corrected chi connectivity index (χ1v) is 6.36. The van der Waals surface area contributed by atoms with Crippen molar-refractivity contribution in [2.45, 2.75) is 23.4 Å². The summed E-state index contributed by atoms with van der Waals surface area (Å²) in [6.45, 7) is 1.91. The highest BCUT2D eigenvalue weighted by Gasteiger charge is 2.20. The molecule has 2 N–H and O–H groups in total. The summed E-state index contributed by atoms with van der Waals surface area (Å²) in [4.78, 5) is 0. The van der Waals surface area contributed by atoms with Crippen molar-refractivity contribution in [3.05, 3.63) is 35.6 Å². The Balaban J connectivity index is 2.24. The van der Waals surface area contributed by atoms with E-state index in [1.54, 1.807) is 23.9 Å². The molecule has 1 aromatic heterocycles. The number of thioether (sulfide) groups is 1. The van der Waals surface area contributed by atoms with Gasteiger partial charge in [-0.2, -0.15) is 0 Å². The van der Waals surface area contributed by atoms with Gasteiger partial charge in [-0.05, 0) is 35.0 Å². The first-order valence-electron chi connectivity index (χ1n) is 5.48. The number of aromatic nitrogens is 4. The van der Waals surface area contributed by atoms with Crippen LogP contribution in [0.25, 0.3) is 0 Å². The van der Waals surface area contributed by atoms with E-state index >= 15 is 0 Å². The van der Waals surface area contributed by atoms with E-state index in [1.165, 1.54) is 23.9 Å². The standard InChI is InChI=1S/C11H14FN5S/c1-7(13)10(8-3-5-9(12)6-4-8)18-11-14-15-16-17(11)2/h3-7,10H,13H2,1-2H3. The second kappa shape index (κ2) is 5.45. The number of aryl methyl sites for hydroxylation is 1. The molecular weight excluding hydrogens is 253 g/mol. The van der Waals surface area contributed by atoms with Gasteiger partial charge in [0.2, 0.25) is 5.16 Å². The molecule has 0 radical (unpaired) electrons. The van der Waals surface area contributed by atoms with Crippen LogP contribution in [0.3, 0.4) is 0 Å². The summed E-state index contributed by atoms with van der Waals surface area (Å²) >= 11 is 1.47. The molecule has 2 aromatic rings. The van der Waals surface area contributed by atoms with Crippen LogP contribution >= 0.6 is 11.8 Å². The largest absolute Gasteiger partial charge is 0.327 e. The molecule has 0 aliphatic rings. The maximum atomic E-state index is 12.9.